The number of carbonyl (C=O) groups is 1. The molecule has 0 radical (unpaired) electrons. The summed E-state index contributed by atoms with van der Waals surface area (Å²) in [5, 5.41) is 41.4. The van der Waals surface area contributed by atoms with Gasteiger partial charge >= 0.3 is 5.97 Å². The molecule has 3 heterocycles. The maximum atomic E-state index is 13.2. The Bertz CT molecular complexity index is 1780. The second-order valence-electron chi connectivity index (χ2n) is 8.47. The van der Waals surface area contributed by atoms with E-state index < -0.39 is 40.3 Å². The van der Waals surface area contributed by atoms with Crippen LogP contribution in [0.1, 0.15) is 23.5 Å². The van der Waals surface area contributed by atoms with Gasteiger partial charge in [-0.15, -0.1) is 0 Å². The number of pyridine rings is 1. The molecule has 9 heteroatoms. The zero-order valence-electron chi connectivity index (χ0n) is 18.4. The first-order valence-corrected chi connectivity index (χ1v) is 11.0. The molecule has 6 rings (SSSR count). The first-order chi connectivity index (χ1) is 17.3. The fourth-order valence-electron chi connectivity index (χ4n) is 4.73. The van der Waals surface area contributed by atoms with Gasteiger partial charge in [-0.05, 0) is 35.9 Å². The lowest BCUT2D eigenvalue weighted by Gasteiger charge is -2.27. The summed E-state index contributed by atoms with van der Waals surface area (Å²) in [7, 11) is 0. The van der Waals surface area contributed by atoms with Gasteiger partial charge in [0.15, 0.2) is 17.3 Å². The lowest BCUT2D eigenvalue weighted by Crippen LogP contribution is -2.22. The number of rotatable bonds is 2. The fourth-order valence-corrected chi connectivity index (χ4v) is 4.73. The molecule has 1 aliphatic heterocycles. The van der Waals surface area contributed by atoms with Crippen LogP contribution < -0.4 is 10.2 Å². The predicted octanol–water partition coefficient (Wildman–Crippen LogP) is 4.27. The highest BCUT2D eigenvalue weighted by atomic mass is 16.5. The Morgan fingerprint density at radius 2 is 1.69 bits per heavy atom. The molecule has 5 aromatic rings. The predicted molar refractivity (Wildman–Crippen MR) is 128 cm³/mol. The van der Waals surface area contributed by atoms with Crippen LogP contribution in [-0.4, -0.2) is 31.4 Å². The third-order valence-corrected chi connectivity index (χ3v) is 6.36. The Labute approximate surface area is 202 Å². The monoisotopic (exact) mass is 483 g/mol. The maximum Gasteiger partial charge on any atom is 0.312 e. The number of aromatic hydroxyl groups is 4. The normalized spacial score (nSPS) is 15.1. The summed E-state index contributed by atoms with van der Waals surface area (Å²) in [6.07, 6.45) is 1.55. The summed E-state index contributed by atoms with van der Waals surface area (Å²) in [5.41, 5.74) is 0.920. The minimum absolute atomic E-state index is 0.0236. The van der Waals surface area contributed by atoms with Crippen molar-refractivity contribution in [2.45, 2.75) is 12.3 Å². The minimum Gasteiger partial charge on any atom is -0.507 e. The van der Waals surface area contributed by atoms with Crippen LogP contribution in [0, 0.1) is 0 Å². The number of fused-ring (bicyclic) bond motifs is 4. The van der Waals surface area contributed by atoms with Gasteiger partial charge in [-0.2, -0.15) is 0 Å². The molecule has 3 aromatic carbocycles. The number of para-hydroxylation sites is 1. The third kappa shape index (κ3) is 3.13. The van der Waals surface area contributed by atoms with Gasteiger partial charge in [0.05, 0.1) is 11.9 Å². The van der Waals surface area contributed by atoms with Crippen molar-refractivity contribution in [2.75, 3.05) is 0 Å². The van der Waals surface area contributed by atoms with Crippen molar-refractivity contribution < 1.29 is 34.4 Å². The molecule has 36 heavy (non-hydrogen) atoms. The molecule has 1 aliphatic rings. The lowest BCUT2D eigenvalue weighted by molar-refractivity contribution is -0.135. The van der Waals surface area contributed by atoms with E-state index >= 15 is 0 Å². The van der Waals surface area contributed by atoms with Crippen molar-refractivity contribution in [1.29, 1.82) is 0 Å². The maximum absolute atomic E-state index is 13.2. The number of hydrogen-bond acceptors (Lipinski definition) is 9. The van der Waals surface area contributed by atoms with Gasteiger partial charge in [-0.3, -0.25) is 14.6 Å². The van der Waals surface area contributed by atoms with Crippen LogP contribution in [-0.2, 0) is 4.79 Å². The highest BCUT2D eigenvalue weighted by Crippen LogP contribution is 2.48. The number of benzene rings is 3. The molecule has 0 saturated heterocycles. The zero-order valence-corrected chi connectivity index (χ0v) is 18.4. The molecule has 4 N–H and O–H groups in total. The Kier molecular flexibility index (Phi) is 4.62. The van der Waals surface area contributed by atoms with E-state index in [1.165, 1.54) is 12.1 Å². The SMILES string of the molecule is O=C1C[C@H](c2ccnc3ccccc23)c2c(cc(O)c3c(=O)c(O)c(-c4ccc(O)c(O)c4)oc23)O1. The van der Waals surface area contributed by atoms with Gasteiger partial charge < -0.3 is 29.6 Å². The highest BCUT2D eigenvalue weighted by Gasteiger charge is 2.35. The average molecular weight is 483 g/mol. The van der Waals surface area contributed by atoms with Crippen molar-refractivity contribution in [2.24, 2.45) is 0 Å². The van der Waals surface area contributed by atoms with E-state index in [1.54, 1.807) is 12.3 Å². The summed E-state index contributed by atoms with van der Waals surface area (Å²) >= 11 is 0. The molecule has 178 valence electrons. The van der Waals surface area contributed by atoms with Gasteiger partial charge in [0.1, 0.15) is 22.5 Å². The number of hydrogen-bond donors (Lipinski definition) is 4. The van der Waals surface area contributed by atoms with Crippen LogP contribution >= 0.6 is 0 Å². The Morgan fingerprint density at radius 1 is 0.889 bits per heavy atom. The molecular weight excluding hydrogens is 466 g/mol. The lowest BCUT2D eigenvalue weighted by atomic mass is 9.83. The van der Waals surface area contributed by atoms with Gasteiger partial charge in [-0.1, -0.05) is 18.2 Å². The van der Waals surface area contributed by atoms with E-state index in [9.17, 15) is 30.0 Å². The molecule has 0 unspecified atom stereocenters. The molecule has 0 amide bonds. The fraction of sp³-hybridized carbons (Fsp3) is 0.0741. The molecule has 0 spiro atoms. The van der Waals surface area contributed by atoms with Crippen molar-refractivity contribution in [3.05, 3.63) is 82.1 Å². The van der Waals surface area contributed by atoms with Gasteiger partial charge in [0.25, 0.3) is 0 Å². The zero-order chi connectivity index (χ0) is 25.1. The average Bonchev–Trinajstić information content (AvgIpc) is 2.86. The van der Waals surface area contributed by atoms with Crippen LogP contribution in [0.3, 0.4) is 0 Å². The molecule has 0 saturated carbocycles. The topological polar surface area (TPSA) is 150 Å². The highest BCUT2D eigenvalue weighted by molar-refractivity contribution is 5.95. The van der Waals surface area contributed by atoms with Crippen molar-refractivity contribution in [1.82, 2.24) is 4.98 Å². The van der Waals surface area contributed by atoms with Crippen LogP contribution in [0.15, 0.2) is 70.0 Å². The first kappa shape index (κ1) is 21.5. The number of carbonyl (C=O) groups excluding carboxylic acids is 1. The second-order valence-corrected chi connectivity index (χ2v) is 8.47. The van der Waals surface area contributed by atoms with Crippen LogP contribution in [0.4, 0.5) is 0 Å². The Morgan fingerprint density at radius 3 is 2.50 bits per heavy atom. The number of phenols is 3. The largest absolute Gasteiger partial charge is 0.507 e. The number of ether oxygens (including phenoxy) is 1. The van der Waals surface area contributed by atoms with Gasteiger partial charge in [0.2, 0.25) is 11.2 Å². The van der Waals surface area contributed by atoms with E-state index in [4.69, 9.17) is 9.15 Å². The number of phenolic OH excluding ortho intramolecular Hbond substituents is 3. The number of nitrogens with zero attached hydrogens (tertiary/aromatic N) is 1. The molecule has 0 aliphatic carbocycles. The summed E-state index contributed by atoms with van der Waals surface area (Å²) in [6, 6.07) is 14.0. The number of esters is 1. The van der Waals surface area contributed by atoms with Crippen LogP contribution in [0.25, 0.3) is 33.2 Å². The third-order valence-electron chi connectivity index (χ3n) is 6.36. The van der Waals surface area contributed by atoms with Gasteiger partial charge in [-0.25, -0.2) is 0 Å². The summed E-state index contributed by atoms with van der Waals surface area (Å²) in [4.78, 5) is 30.1. The summed E-state index contributed by atoms with van der Waals surface area (Å²) < 4.78 is 11.4. The van der Waals surface area contributed by atoms with E-state index in [2.05, 4.69) is 4.98 Å². The second kappa shape index (κ2) is 7.74. The molecule has 9 nitrogen and oxygen atoms in total. The molecule has 1 atom stereocenters. The van der Waals surface area contributed by atoms with Crippen molar-refractivity contribution >= 4 is 27.8 Å². The van der Waals surface area contributed by atoms with E-state index in [0.29, 0.717) is 11.1 Å². The molecular formula is C27H17NO8. The van der Waals surface area contributed by atoms with E-state index in [1.807, 2.05) is 24.3 Å². The smallest absolute Gasteiger partial charge is 0.312 e. The Balaban J connectivity index is 1.71. The summed E-state index contributed by atoms with van der Waals surface area (Å²) in [5.74, 6) is -3.61. The van der Waals surface area contributed by atoms with Crippen molar-refractivity contribution in [3.8, 4) is 40.1 Å². The van der Waals surface area contributed by atoms with E-state index in [0.717, 1.165) is 23.1 Å². The standard InChI is InChI=1S/C27H17NO8/c29-17-6-5-12(9-18(17)30)26-25(34)24(33)23-19(31)11-20-22(27(23)36-26)15(10-21(32)35-20)13-7-8-28-16-4-2-1-3-14(13)16/h1-9,11,15,29-31,34H,10H2/t15-/m1/s1. The summed E-state index contributed by atoms with van der Waals surface area (Å²) in [6.45, 7) is 0. The molecule has 0 bridgehead atoms. The minimum atomic E-state index is -0.908. The van der Waals surface area contributed by atoms with Crippen LogP contribution in [0.2, 0.25) is 0 Å². The van der Waals surface area contributed by atoms with Gasteiger partial charge in [0, 0.05) is 34.7 Å². The van der Waals surface area contributed by atoms with E-state index in [-0.39, 0.29) is 34.5 Å². The Hall–Kier alpha value is -5.05. The number of aromatic nitrogens is 1. The quantitative estimate of drug-likeness (QED) is 0.164. The molecule has 0 fully saturated rings. The van der Waals surface area contributed by atoms with Crippen LogP contribution in [0.5, 0.6) is 28.7 Å². The van der Waals surface area contributed by atoms with Crippen molar-refractivity contribution in [3.63, 3.8) is 0 Å². The molecule has 2 aromatic heterocycles. The first-order valence-electron chi connectivity index (χ1n) is 11.0.